The van der Waals surface area contributed by atoms with Crippen LogP contribution in [0.15, 0.2) is 47.6 Å². The molecule has 0 bridgehead atoms. The van der Waals surface area contributed by atoms with Gasteiger partial charge in [-0.15, -0.1) is 0 Å². The van der Waals surface area contributed by atoms with Gasteiger partial charge in [0.2, 0.25) is 5.91 Å². The first-order valence-corrected chi connectivity index (χ1v) is 11.8. The molecule has 0 saturated heterocycles. The van der Waals surface area contributed by atoms with Crippen LogP contribution in [0, 0.1) is 6.92 Å². The third kappa shape index (κ3) is 7.21. The molecule has 0 fully saturated rings. The van der Waals surface area contributed by atoms with Gasteiger partial charge in [0.25, 0.3) is 5.91 Å². The number of hydrazone groups is 1. The molecule has 0 aliphatic rings. The standard InChI is InChI=1S/C24H24Cl3N5O3/c1-14(29-30-24(34)23-22(27)15(2)31-32(23)3)16-6-4-7-18(12-16)28-21(33)8-5-11-35-20-10-9-17(25)13-19(20)26/h4,6-7,9-10,12-13H,5,8,11H2,1-3H3,(H,28,33)(H,30,34)/b29-14-. The molecule has 3 rings (SSSR count). The fourth-order valence-corrected chi connectivity index (χ4v) is 3.89. The molecule has 0 saturated carbocycles. The molecule has 184 valence electrons. The largest absolute Gasteiger partial charge is 0.492 e. The molecule has 0 aliphatic carbocycles. The summed E-state index contributed by atoms with van der Waals surface area (Å²) < 4.78 is 7.01. The van der Waals surface area contributed by atoms with Crippen LogP contribution in [0.1, 0.15) is 41.5 Å². The number of aromatic nitrogens is 2. The predicted molar refractivity (Wildman–Crippen MR) is 139 cm³/mol. The first-order chi connectivity index (χ1) is 16.7. The van der Waals surface area contributed by atoms with Crippen LogP contribution in [-0.4, -0.2) is 33.9 Å². The molecule has 0 radical (unpaired) electrons. The number of halogens is 3. The van der Waals surface area contributed by atoms with Crippen LogP contribution >= 0.6 is 34.8 Å². The molecule has 2 amide bonds. The highest BCUT2D eigenvalue weighted by molar-refractivity contribution is 6.35. The lowest BCUT2D eigenvalue weighted by Gasteiger charge is -2.09. The second-order valence-electron chi connectivity index (χ2n) is 7.67. The molecule has 0 atom stereocenters. The Labute approximate surface area is 218 Å². The molecule has 1 aromatic heterocycles. The minimum absolute atomic E-state index is 0.155. The van der Waals surface area contributed by atoms with Crippen LogP contribution in [0.4, 0.5) is 5.69 Å². The van der Waals surface area contributed by atoms with E-state index >= 15 is 0 Å². The normalized spacial score (nSPS) is 11.3. The molecule has 11 heteroatoms. The molecular formula is C24H24Cl3N5O3. The Morgan fingerprint density at radius 2 is 1.91 bits per heavy atom. The summed E-state index contributed by atoms with van der Waals surface area (Å²) in [5, 5.41) is 12.4. The Hall–Kier alpha value is -3.07. The van der Waals surface area contributed by atoms with Crippen molar-refractivity contribution in [3.63, 3.8) is 0 Å². The minimum atomic E-state index is -0.469. The van der Waals surface area contributed by atoms with Crippen molar-refractivity contribution in [2.75, 3.05) is 11.9 Å². The van der Waals surface area contributed by atoms with Crippen LogP contribution in [-0.2, 0) is 11.8 Å². The van der Waals surface area contributed by atoms with Crippen molar-refractivity contribution in [2.24, 2.45) is 12.1 Å². The van der Waals surface area contributed by atoms with Gasteiger partial charge in [0.1, 0.15) is 11.4 Å². The molecule has 0 unspecified atom stereocenters. The molecule has 0 aliphatic heterocycles. The number of aryl methyl sites for hydroxylation is 2. The summed E-state index contributed by atoms with van der Waals surface area (Å²) >= 11 is 18.1. The highest BCUT2D eigenvalue weighted by atomic mass is 35.5. The lowest BCUT2D eigenvalue weighted by Crippen LogP contribution is -2.22. The van der Waals surface area contributed by atoms with Crippen LogP contribution in [0.2, 0.25) is 15.1 Å². The van der Waals surface area contributed by atoms with Gasteiger partial charge in [-0.25, -0.2) is 5.43 Å². The number of nitrogens with zero attached hydrogens (tertiary/aromatic N) is 3. The average molecular weight is 537 g/mol. The van der Waals surface area contributed by atoms with Gasteiger partial charge in [-0.05, 0) is 56.2 Å². The fourth-order valence-electron chi connectivity index (χ4n) is 3.18. The third-order valence-electron chi connectivity index (χ3n) is 4.95. The van der Waals surface area contributed by atoms with Crippen molar-refractivity contribution >= 4 is 58.0 Å². The number of carbonyl (C=O) groups excluding carboxylic acids is 2. The number of amides is 2. The average Bonchev–Trinajstić information content (AvgIpc) is 3.07. The summed E-state index contributed by atoms with van der Waals surface area (Å²) in [6, 6.07) is 12.1. The summed E-state index contributed by atoms with van der Waals surface area (Å²) in [5.41, 5.74) is 5.18. The number of benzene rings is 2. The summed E-state index contributed by atoms with van der Waals surface area (Å²) in [7, 11) is 1.63. The van der Waals surface area contributed by atoms with Crippen molar-refractivity contribution in [2.45, 2.75) is 26.7 Å². The summed E-state index contributed by atoms with van der Waals surface area (Å²) in [4.78, 5) is 24.8. The van der Waals surface area contributed by atoms with Crippen molar-refractivity contribution in [1.29, 1.82) is 0 Å². The second kappa shape index (κ2) is 12.1. The monoisotopic (exact) mass is 535 g/mol. The van der Waals surface area contributed by atoms with Gasteiger partial charge < -0.3 is 10.1 Å². The van der Waals surface area contributed by atoms with Crippen LogP contribution in [0.25, 0.3) is 0 Å². The topological polar surface area (TPSA) is 97.6 Å². The lowest BCUT2D eigenvalue weighted by molar-refractivity contribution is -0.116. The van der Waals surface area contributed by atoms with Crippen molar-refractivity contribution in [3.8, 4) is 5.75 Å². The summed E-state index contributed by atoms with van der Waals surface area (Å²) in [6.07, 6.45) is 0.774. The summed E-state index contributed by atoms with van der Waals surface area (Å²) in [6.45, 7) is 3.80. The second-order valence-corrected chi connectivity index (χ2v) is 8.89. The Kier molecular flexibility index (Phi) is 9.14. The number of rotatable bonds is 9. The number of anilines is 1. The van der Waals surface area contributed by atoms with Gasteiger partial charge in [0, 0.05) is 24.2 Å². The highest BCUT2D eigenvalue weighted by Crippen LogP contribution is 2.27. The first kappa shape index (κ1) is 26.5. The molecular weight excluding hydrogens is 513 g/mol. The molecule has 1 heterocycles. The maximum absolute atomic E-state index is 12.5. The van der Waals surface area contributed by atoms with Gasteiger partial charge in [-0.3, -0.25) is 14.3 Å². The van der Waals surface area contributed by atoms with Crippen LogP contribution in [0.5, 0.6) is 5.75 Å². The Balaban J connectivity index is 1.52. The maximum Gasteiger partial charge on any atom is 0.291 e. The maximum atomic E-state index is 12.5. The van der Waals surface area contributed by atoms with E-state index in [0.717, 1.165) is 5.56 Å². The minimum Gasteiger partial charge on any atom is -0.492 e. The van der Waals surface area contributed by atoms with E-state index in [9.17, 15) is 9.59 Å². The molecule has 2 N–H and O–H groups in total. The first-order valence-electron chi connectivity index (χ1n) is 10.7. The smallest absolute Gasteiger partial charge is 0.291 e. The number of ether oxygens (including phenoxy) is 1. The zero-order valence-electron chi connectivity index (χ0n) is 19.4. The molecule has 0 spiro atoms. The Morgan fingerprint density at radius 3 is 2.60 bits per heavy atom. The molecule has 3 aromatic rings. The van der Waals surface area contributed by atoms with Gasteiger partial charge in [-0.1, -0.05) is 46.9 Å². The van der Waals surface area contributed by atoms with Gasteiger partial charge in [-0.2, -0.15) is 10.2 Å². The number of nitrogens with one attached hydrogen (secondary N) is 2. The Bertz CT molecular complexity index is 1270. The fraction of sp³-hybridized carbons (Fsp3) is 0.250. The van der Waals surface area contributed by atoms with E-state index in [4.69, 9.17) is 39.5 Å². The van der Waals surface area contributed by atoms with E-state index < -0.39 is 5.91 Å². The van der Waals surface area contributed by atoms with Crippen LogP contribution in [0.3, 0.4) is 0 Å². The summed E-state index contributed by atoms with van der Waals surface area (Å²) in [5.74, 6) is -0.104. The number of carbonyl (C=O) groups is 2. The number of hydrogen-bond acceptors (Lipinski definition) is 5. The van der Waals surface area contributed by atoms with E-state index in [-0.39, 0.29) is 23.0 Å². The highest BCUT2D eigenvalue weighted by Gasteiger charge is 2.18. The quantitative estimate of drug-likeness (QED) is 0.210. The van der Waals surface area contributed by atoms with E-state index in [1.54, 1.807) is 57.3 Å². The SMILES string of the molecule is C/C(=N/NC(=O)c1c(Cl)c(C)nn1C)c1cccc(NC(=O)CCCOc2ccc(Cl)cc2Cl)c1. The van der Waals surface area contributed by atoms with Gasteiger partial charge in [0.05, 0.1) is 28.1 Å². The molecule has 35 heavy (non-hydrogen) atoms. The van der Waals surface area contributed by atoms with Crippen molar-refractivity contribution < 1.29 is 14.3 Å². The van der Waals surface area contributed by atoms with E-state index in [2.05, 4.69) is 20.9 Å². The van der Waals surface area contributed by atoms with Crippen molar-refractivity contribution in [3.05, 3.63) is 74.5 Å². The third-order valence-corrected chi connectivity index (χ3v) is 5.94. The van der Waals surface area contributed by atoms with E-state index in [1.165, 1.54) is 4.68 Å². The van der Waals surface area contributed by atoms with Gasteiger partial charge in [0.15, 0.2) is 0 Å². The Morgan fingerprint density at radius 1 is 1.14 bits per heavy atom. The van der Waals surface area contributed by atoms with Crippen molar-refractivity contribution in [1.82, 2.24) is 15.2 Å². The van der Waals surface area contributed by atoms with E-state index in [0.29, 0.717) is 45.9 Å². The zero-order valence-corrected chi connectivity index (χ0v) is 21.6. The molecule has 8 nitrogen and oxygen atoms in total. The lowest BCUT2D eigenvalue weighted by atomic mass is 10.1. The number of hydrogen-bond donors (Lipinski definition) is 2. The van der Waals surface area contributed by atoms with Gasteiger partial charge >= 0.3 is 0 Å². The predicted octanol–water partition coefficient (Wildman–Crippen LogP) is 5.64. The zero-order chi connectivity index (χ0) is 25.5. The van der Waals surface area contributed by atoms with E-state index in [1.807, 2.05) is 6.07 Å². The van der Waals surface area contributed by atoms with Crippen LogP contribution < -0.4 is 15.5 Å². The molecule has 2 aromatic carbocycles.